The molecule has 10 heteroatoms. The van der Waals surface area contributed by atoms with Crippen LogP contribution in [0.5, 0.6) is 23.0 Å². The molecular formula is C26H21N3O7. The highest BCUT2D eigenvalue weighted by Crippen LogP contribution is 2.33. The minimum atomic E-state index is -0.476. The number of amides is 1. The predicted octanol–water partition coefficient (Wildman–Crippen LogP) is 2.14. The summed E-state index contributed by atoms with van der Waals surface area (Å²) in [6, 6.07) is 15.5. The molecule has 0 saturated heterocycles. The molecule has 10 nitrogen and oxygen atoms in total. The Labute approximate surface area is 204 Å². The third-order valence-electron chi connectivity index (χ3n) is 6.28. The van der Waals surface area contributed by atoms with E-state index >= 15 is 0 Å². The van der Waals surface area contributed by atoms with Crippen molar-refractivity contribution in [3.8, 4) is 23.0 Å². The number of hydrogen-bond acceptors (Lipinski definition) is 7. The van der Waals surface area contributed by atoms with Crippen molar-refractivity contribution in [3.05, 3.63) is 92.1 Å². The van der Waals surface area contributed by atoms with Crippen molar-refractivity contribution in [3.63, 3.8) is 0 Å². The molecule has 3 heterocycles. The van der Waals surface area contributed by atoms with E-state index in [4.69, 9.17) is 18.9 Å². The Bertz CT molecular complexity index is 1650. The fourth-order valence-corrected chi connectivity index (χ4v) is 4.35. The number of nitrogens with one attached hydrogen (secondary N) is 1. The van der Waals surface area contributed by atoms with Gasteiger partial charge < -0.3 is 24.3 Å². The zero-order chi connectivity index (χ0) is 24.8. The van der Waals surface area contributed by atoms with Crippen LogP contribution in [0.1, 0.15) is 21.5 Å². The molecule has 0 bridgehead atoms. The van der Waals surface area contributed by atoms with Gasteiger partial charge in [-0.1, -0.05) is 12.1 Å². The third-order valence-corrected chi connectivity index (χ3v) is 6.28. The molecule has 6 rings (SSSR count). The van der Waals surface area contributed by atoms with E-state index in [-0.39, 0.29) is 38.0 Å². The SMILES string of the molecule is Cn1c(=O)n(Cc2ccc3c(c2)OCO3)c(=O)c2cc(C(=O)NCc3ccc4c(c3)OCO4)ccc21. The Hall–Kier alpha value is -4.73. The maximum absolute atomic E-state index is 13.3. The van der Waals surface area contributed by atoms with Gasteiger partial charge in [-0.25, -0.2) is 4.79 Å². The molecule has 0 radical (unpaired) electrons. The van der Waals surface area contributed by atoms with Gasteiger partial charge in [-0.3, -0.25) is 18.7 Å². The molecule has 1 N–H and O–H groups in total. The molecule has 2 aliphatic rings. The van der Waals surface area contributed by atoms with Gasteiger partial charge in [0.25, 0.3) is 11.5 Å². The van der Waals surface area contributed by atoms with Gasteiger partial charge in [0.15, 0.2) is 23.0 Å². The standard InChI is InChI=1S/C26H21N3O7/c1-28-19-5-4-17(24(30)27-11-15-2-6-20-22(8-15)35-13-33-20)10-18(19)25(31)29(26(28)32)12-16-3-7-21-23(9-16)36-14-34-21/h2-10H,11-14H2,1H3,(H,27,30). The fraction of sp³-hybridized carbons (Fsp3) is 0.192. The van der Waals surface area contributed by atoms with Gasteiger partial charge in [0, 0.05) is 19.2 Å². The van der Waals surface area contributed by atoms with Crippen molar-refractivity contribution < 1.29 is 23.7 Å². The van der Waals surface area contributed by atoms with Crippen molar-refractivity contribution in [2.45, 2.75) is 13.1 Å². The monoisotopic (exact) mass is 487 g/mol. The highest BCUT2D eigenvalue weighted by atomic mass is 16.7. The Balaban J connectivity index is 1.29. The topological polar surface area (TPSA) is 110 Å². The van der Waals surface area contributed by atoms with Crippen LogP contribution in [0.25, 0.3) is 10.9 Å². The molecule has 0 unspecified atom stereocenters. The maximum Gasteiger partial charge on any atom is 0.331 e. The van der Waals surface area contributed by atoms with Crippen LogP contribution in [0.4, 0.5) is 0 Å². The summed E-state index contributed by atoms with van der Waals surface area (Å²) in [5.74, 6) is 2.15. The largest absolute Gasteiger partial charge is 0.454 e. The zero-order valence-corrected chi connectivity index (χ0v) is 19.3. The Morgan fingerprint density at radius 2 is 1.47 bits per heavy atom. The van der Waals surface area contributed by atoms with Crippen LogP contribution >= 0.6 is 0 Å². The molecular weight excluding hydrogens is 466 g/mol. The number of fused-ring (bicyclic) bond motifs is 3. The molecule has 4 aromatic rings. The zero-order valence-electron chi connectivity index (χ0n) is 19.3. The number of carbonyl (C=O) groups is 1. The van der Waals surface area contributed by atoms with E-state index in [1.54, 1.807) is 43.4 Å². The van der Waals surface area contributed by atoms with Gasteiger partial charge in [0.2, 0.25) is 13.6 Å². The van der Waals surface area contributed by atoms with Gasteiger partial charge in [0.05, 0.1) is 17.4 Å². The summed E-state index contributed by atoms with van der Waals surface area (Å²) >= 11 is 0. The lowest BCUT2D eigenvalue weighted by Gasteiger charge is -2.12. The third kappa shape index (κ3) is 3.72. The lowest BCUT2D eigenvalue weighted by Crippen LogP contribution is -2.39. The highest BCUT2D eigenvalue weighted by molar-refractivity contribution is 5.97. The fourth-order valence-electron chi connectivity index (χ4n) is 4.35. The second-order valence-corrected chi connectivity index (χ2v) is 8.52. The second kappa shape index (κ2) is 8.49. The van der Waals surface area contributed by atoms with E-state index in [9.17, 15) is 14.4 Å². The van der Waals surface area contributed by atoms with Crippen LogP contribution in [0.3, 0.4) is 0 Å². The summed E-state index contributed by atoms with van der Waals surface area (Å²) in [4.78, 5) is 39.2. The average Bonchev–Trinajstić information content (AvgIpc) is 3.57. The first-order chi connectivity index (χ1) is 17.5. The molecule has 0 saturated carbocycles. The van der Waals surface area contributed by atoms with Crippen molar-refractivity contribution in [2.75, 3.05) is 13.6 Å². The van der Waals surface area contributed by atoms with Gasteiger partial charge in [-0.15, -0.1) is 0 Å². The van der Waals surface area contributed by atoms with Crippen molar-refractivity contribution in [1.29, 1.82) is 0 Å². The Morgan fingerprint density at radius 3 is 2.19 bits per heavy atom. The molecule has 0 spiro atoms. The van der Waals surface area contributed by atoms with E-state index in [0.29, 0.717) is 34.1 Å². The summed E-state index contributed by atoms with van der Waals surface area (Å²) < 4.78 is 24.0. The number of rotatable bonds is 5. The number of aromatic nitrogens is 2. The van der Waals surface area contributed by atoms with Crippen LogP contribution in [0.2, 0.25) is 0 Å². The first-order valence-corrected chi connectivity index (χ1v) is 11.3. The quantitative estimate of drug-likeness (QED) is 0.459. The second-order valence-electron chi connectivity index (χ2n) is 8.52. The highest BCUT2D eigenvalue weighted by Gasteiger charge is 2.18. The van der Waals surface area contributed by atoms with Crippen LogP contribution in [0, 0.1) is 0 Å². The summed E-state index contributed by atoms with van der Waals surface area (Å²) in [6.07, 6.45) is 0. The maximum atomic E-state index is 13.3. The molecule has 1 aromatic heterocycles. The number of ether oxygens (including phenoxy) is 4. The molecule has 1 amide bonds. The molecule has 0 fully saturated rings. The minimum Gasteiger partial charge on any atom is -0.454 e. The molecule has 3 aromatic carbocycles. The van der Waals surface area contributed by atoms with Crippen molar-refractivity contribution in [1.82, 2.24) is 14.5 Å². The number of nitrogens with zero attached hydrogens (tertiary/aromatic N) is 2. The molecule has 0 atom stereocenters. The summed E-state index contributed by atoms with van der Waals surface area (Å²) in [7, 11) is 1.60. The number of benzene rings is 3. The van der Waals surface area contributed by atoms with E-state index < -0.39 is 11.2 Å². The van der Waals surface area contributed by atoms with E-state index in [2.05, 4.69) is 5.32 Å². The van der Waals surface area contributed by atoms with E-state index in [0.717, 1.165) is 15.7 Å². The molecule has 2 aliphatic heterocycles. The van der Waals surface area contributed by atoms with E-state index in [1.807, 2.05) is 12.1 Å². The number of hydrogen-bond donors (Lipinski definition) is 1. The van der Waals surface area contributed by atoms with Crippen LogP contribution in [-0.2, 0) is 20.1 Å². The first-order valence-electron chi connectivity index (χ1n) is 11.3. The number of aryl methyl sites for hydroxylation is 1. The van der Waals surface area contributed by atoms with Gasteiger partial charge in [0.1, 0.15) is 0 Å². The van der Waals surface area contributed by atoms with Gasteiger partial charge in [-0.2, -0.15) is 0 Å². The normalized spacial score (nSPS) is 13.2. The summed E-state index contributed by atoms with van der Waals surface area (Å²) in [5, 5.41) is 3.13. The smallest absolute Gasteiger partial charge is 0.331 e. The number of carbonyl (C=O) groups excluding carboxylic acids is 1. The minimum absolute atomic E-state index is 0.0542. The van der Waals surface area contributed by atoms with Crippen LogP contribution in [-0.4, -0.2) is 28.6 Å². The summed E-state index contributed by atoms with van der Waals surface area (Å²) in [5.41, 5.74) is 1.39. The molecule has 0 aliphatic carbocycles. The van der Waals surface area contributed by atoms with Crippen molar-refractivity contribution >= 4 is 16.8 Å². The molecule has 182 valence electrons. The average molecular weight is 487 g/mol. The van der Waals surface area contributed by atoms with Crippen molar-refractivity contribution in [2.24, 2.45) is 7.05 Å². The van der Waals surface area contributed by atoms with Gasteiger partial charge in [-0.05, 0) is 53.6 Å². The Morgan fingerprint density at radius 1 is 0.833 bits per heavy atom. The predicted molar refractivity (Wildman–Crippen MR) is 129 cm³/mol. The summed E-state index contributed by atoms with van der Waals surface area (Å²) in [6.45, 7) is 0.640. The lowest BCUT2D eigenvalue weighted by molar-refractivity contribution is 0.0951. The van der Waals surface area contributed by atoms with Gasteiger partial charge >= 0.3 is 5.69 Å². The first kappa shape index (κ1) is 21.8. The van der Waals surface area contributed by atoms with Crippen LogP contribution < -0.4 is 35.5 Å². The molecule has 36 heavy (non-hydrogen) atoms. The Kier molecular flexibility index (Phi) is 5.14. The van der Waals surface area contributed by atoms with E-state index in [1.165, 1.54) is 10.6 Å². The van der Waals surface area contributed by atoms with Crippen LogP contribution in [0.15, 0.2) is 64.2 Å². The lowest BCUT2D eigenvalue weighted by atomic mass is 10.1.